The number of halogens is 4. The van der Waals surface area contributed by atoms with Crippen LogP contribution in [0.2, 0.25) is 0 Å². The van der Waals surface area contributed by atoms with Crippen molar-refractivity contribution in [2.24, 2.45) is 5.92 Å². The average Bonchev–Trinajstić information content (AvgIpc) is 2.86. The zero-order chi connectivity index (χ0) is 15.8. The van der Waals surface area contributed by atoms with Gasteiger partial charge in [-0.25, -0.2) is 0 Å². The number of alkyl halides is 3. The van der Waals surface area contributed by atoms with E-state index in [1.54, 1.807) is 6.92 Å². The molecule has 1 aliphatic heterocycles. The maximum atomic E-state index is 12.8. The number of carbonyl (C=O) groups excluding carboxylic acids is 1. The summed E-state index contributed by atoms with van der Waals surface area (Å²) in [5.41, 5.74) is -0.851. The number of amides is 1. The topological polar surface area (TPSA) is 40.5 Å². The van der Waals surface area contributed by atoms with E-state index in [9.17, 15) is 23.1 Å². The van der Waals surface area contributed by atoms with Crippen molar-refractivity contribution in [1.29, 1.82) is 0 Å². The van der Waals surface area contributed by atoms with Gasteiger partial charge in [0.2, 0.25) is 0 Å². The molecule has 2 atom stereocenters. The van der Waals surface area contributed by atoms with Crippen LogP contribution in [0, 0.1) is 5.92 Å². The quantitative estimate of drug-likeness (QED) is 0.873. The van der Waals surface area contributed by atoms with Gasteiger partial charge < -0.3 is 10.0 Å². The highest BCUT2D eigenvalue weighted by atomic mass is 79.9. The molecule has 0 radical (unpaired) electrons. The smallest absolute Gasteiger partial charge is 0.393 e. The third-order valence-corrected chi connectivity index (χ3v) is 4.40. The van der Waals surface area contributed by atoms with Gasteiger partial charge in [0.15, 0.2) is 0 Å². The summed E-state index contributed by atoms with van der Waals surface area (Å²) in [7, 11) is 0. The first-order valence-corrected chi connectivity index (χ1v) is 7.33. The molecular weight excluding hydrogens is 351 g/mol. The van der Waals surface area contributed by atoms with Crippen molar-refractivity contribution in [2.75, 3.05) is 13.1 Å². The molecule has 0 saturated carbocycles. The number of aliphatic hydroxyl groups is 1. The van der Waals surface area contributed by atoms with Crippen molar-refractivity contribution in [2.45, 2.75) is 25.6 Å². The number of benzene rings is 1. The van der Waals surface area contributed by atoms with E-state index in [0.717, 1.165) is 6.07 Å². The largest absolute Gasteiger partial charge is 0.417 e. The van der Waals surface area contributed by atoms with Crippen molar-refractivity contribution in [3.8, 4) is 0 Å². The highest BCUT2D eigenvalue weighted by Gasteiger charge is 2.35. The Morgan fingerprint density at radius 2 is 2.14 bits per heavy atom. The molecule has 0 bridgehead atoms. The number of rotatable bonds is 2. The third kappa shape index (κ3) is 3.58. The summed E-state index contributed by atoms with van der Waals surface area (Å²) < 4.78 is 38.5. The van der Waals surface area contributed by atoms with Crippen LogP contribution in [0.5, 0.6) is 0 Å². The monoisotopic (exact) mass is 365 g/mol. The Bertz CT molecular complexity index is 546. The van der Waals surface area contributed by atoms with E-state index in [4.69, 9.17) is 0 Å². The number of hydrogen-bond acceptors (Lipinski definition) is 2. The molecule has 1 fully saturated rings. The molecule has 1 N–H and O–H groups in total. The molecule has 21 heavy (non-hydrogen) atoms. The molecule has 2 rings (SSSR count). The van der Waals surface area contributed by atoms with Crippen molar-refractivity contribution < 1.29 is 23.1 Å². The number of likely N-dealkylation sites (tertiary alicyclic amines) is 1. The Morgan fingerprint density at radius 3 is 2.67 bits per heavy atom. The standard InChI is InChI=1S/C14H15BrF3NO2/c1-8(20)10-4-5-19(7-10)13(21)9-2-3-12(15)11(6-9)14(16,17)18/h2-3,6,8,10,20H,4-5,7H2,1H3. The van der Waals surface area contributed by atoms with Crippen LogP contribution in [0.3, 0.4) is 0 Å². The molecule has 116 valence electrons. The summed E-state index contributed by atoms with van der Waals surface area (Å²) in [6.45, 7) is 2.47. The van der Waals surface area contributed by atoms with E-state index in [1.807, 2.05) is 0 Å². The van der Waals surface area contributed by atoms with E-state index in [0.29, 0.717) is 19.5 Å². The van der Waals surface area contributed by atoms with Crippen molar-refractivity contribution in [3.05, 3.63) is 33.8 Å². The van der Waals surface area contributed by atoms with Gasteiger partial charge in [0.05, 0.1) is 11.7 Å². The fourth-order valence-corrected chi connectivity index (χ4v) is 2.90. The molecule has 1 saturated heterocycles. The Balaban J connectivity index is 2.21. The summed E-state index contributed by atoms with van der Waals surface area (Å²) in [5.74, 6) is -0.456. The Hall–Kier alpha value is -1.08. The van der Waals surface area contributed by atoms with Gasteiger partial charge in [-0.1, -0.05) is 15.9 Å². The second-order valence-electron chi connectivity index (χ2n) is 5.23. The van der Waals surface area contributed by atoms with Gasteiger partial charge in [-0.15, -0.1) is 0 Å². The van der Waals surface area contributed by atoms with Crippen molar-refractivity contribution in [3.63, 3.8) is 0 Å². The molecule has 2 unspecified atom stereocenters. The fraction of sp³-hybridized carbons (Fsp3) is 0.500. The molecule has 0 aromatic heterocycles. The molecule has 0 aliphatic carbocycles. The van der Waals surface area contributed by atoms with E-state index >= 15 is 0 Å². The number of nitrogens with zero attached hydrogens (tertiary/aromatic N) is 1. The van der Waals surface area contributed by atoms with Gasteiger partial charge in [0, 0.05) is 29.0 Å². The minimum absolute atomic E-state index is 0.0109. The Morgan fingerprint density at radius 1 is 1.48 bits per heavy atom. The van der Waals surface area contributed by atoms with Crippen LogP contribution < -0.4 is 0 Å². The van der Waals surface area contributed by atoms with Gasteiger partial charge in [0.25, 0.3) is 5.91 Å². The maximum Gasteiger partial charge on any atom is 0.417 e. The normalized spacial score (nSPS) is 20.7. The van der Waals surface area contributed by atoms with Crippen LogP contribution in [0.4, 0.5) is 13.2 Å². The van der Waals surface area contributed by atoms with Crippen molar-refractivity contribution >= 4 is 21.8 Å². The van der Waals surface area contributed by atoms with E-state index in [-0.39, 0.29) is 16.0 Å². The van der Waals surface area contributed by atoms with Gasteiger partial charge in [0.1, 0.15) is 0 Å². The lowest BCUT2D eigenvalue weighted by Gasteiger charge is -2.19. The van der Waals surface area contributed by atoms with Crippen molar-refractivity contribution in [1.82, 2.24) is 4.90 Å². The van der Waals surface area contributed by atoms with Gasteiger partial charge >= 0.3 is 6.18 Å². The van der Waals surface area contributed by atoms with E-state index in [2.05, 4.69) is 15.9 Å². The number of hydrogen-bond donors (Lipinski definition) is 1. The first-order valence-electron chi connectivity index (χ1n) is 6.54. The summed E-state index contributed by atoms with van der Waals surface area (Å²) in [5, 5.41) is 9.52. The first-order chi connectivity index (χ1) is 9.70. The lowest BCUT2D eigenvalue weighted by Crippen LogP contribution is -2.30. The zero-order valence-electron chi connectivity index (χ0n) is 11.3. The summed E-state index contributed by atoms with van der Waals surface area (Å²) in [6.07, 6.45) is -4.38. The minimum Gasteiger partial charge on any atom is -0.393 e. The molecule has 7 heteroatoms. The van der Waals surface area contributed by atoms with Gasteiger partial charge in [-0.2, -0.15) is 13.2 Å². The number of carbonyl (C=O) groups is 1. The average molecular weight is 366 g/mol. The second-order valence-corrected chi connectivity index (χ2v) is 6.09. The summed E-state index contributed by atoms with van der Waals surface area (Å²) in [6, 6.07) is 3.47. The fourth-order valence-electron chi connectivity index (χ4n) is 2.42. The van der Waals surface area contributed by atoms with Gasteiger partial charge in [-0.3, -0.25) is 4.79 Å². The van der Waals surface area contributed by atoms with Gasteiger partial charge in [-0.05, 0) is 31.5 Å². The summed E-state index contributed by atoms with van der Waals surface area (Å²) >= 11 is 2.85. The summed E-state index contributed by atoms with van der Waals surface area (Å²) in [4.78, 5) is 13.8. The molecule has 1 aromatic rings. The van der Waals surface area contributed by atoms with Crippen LogP contribution in [0.1, 0.15) is 29.3 Å². The lowest BCUT2D eigenvalue weighted by atomic mass is 10.0. The van der Waals surface area contributed by atoms with Crippen LogP contribution in [-0.4, -0.2) is 35.1 Å². The molecule has 1 aliphatic rings. The molecule has 3 nitrogen and oxygen atoms in total. The maximum absolute atomic E-state index is 12.8. The van der Waals surface area contributed by atoms with E-state index in [1.165, 1.54) is 17.0 Å². The molecule has 1 heterocycles. The van der Waals surface area contributed by atoms with Crippen LogP contribution >= 0.6 is 15.9 Å². The second kappa shape index (κ2) is 5.96. The van der Waals surface area contributed by atoms with Crippen LogP contribution in [0.15, 0.2) is 22.7 Å². The molecular formula is C14H15BrF3NO2. The lowest BCUT2D eigenvalue weighted by molar-refractivity contribution is -0.138. The Kier molecular flexibility index (Phi) is 4.63. The van der Waals surface area contributed by atoms with Crippen LogP contribution in [-0.2, 0) is 6.18 Å². The van der Waals surface area contributed by atoms with E-state index < -0.39 is 23.8 Å². The zero-order valence-corrected chi connectivity index (χ0v) is 12.9. The highest BCUT2D eigenvalue weighted by Crippen LogP contribution is 2.35. The Labute approximate surface area is 128 Å². The molecule has 0 spiro atoms. The minimum atomic E-state index is -4.51. The third-order valence-electron chi connectivity index (χ3n) is 3.71. The van der Waals surface area contributed by atoms with Crippen LogP contribution in [0.25, 0.3) is 0 Å². The predicted octanol–water partition coefficient (Wildman–Crippen LogP) is 3.31. The highest BCUT2D eigenvalue weighted by molar-refractivity contribution is 9.10. The number of aliphatic hydroxyl groups excluding tert-OH is 1. The SMILES string of the molecule is CC(O)C1CCN(C(=O)c2ccc(Br)c(C(F)(F)F)c2)C1. The molecule has 1 aromatic carbocycles. The predicted molar refractivity (Wildman–Crippen MR) is 74.8 cm³/mol. The first kappa shape index (κ1) is 16.3. The molecule has 1 amide bonds.